The van der Waals surface area contributed by atoms with E-state index in [1.165, 1.54) is 6.08 Å². The van der Waals surface area contributed by atoms with Crippen molar-refractivity contribution in [3.63, 3.8) is 0 Å². The van der Waals surface area contributed by atoms with Crippen molar-refractivity contribution < 1.29 is 9.59 Å². The number of carbonyl (C=O) groups is 2. The molecule has 3 aromatic rings. The SMILES string of the molecule is O=C(/C=C/c1ccccc1Cl)NNC(=O)C(c1ccccc1)c1ccccc1. The number of amides is 2. The molecule has 0 unspecified atom stereocenters. The summed E-state index contributed by atoms with van der Waals surface area (Å²) in [6.45, 7) is 0. The van der Waals surface area contributed by atoms with Gasteiger partial charge in [-0.25, -0.2) is 0 Å². The highest BCUT2D eigenvalue weighted by molar-refractivity contribution is 6.32. The van der Waals surface area contributed by atoms with Gasteiger partial charge < -0.3 is 0 Å². The van der Waals surface area contributed by atoms with Gasteiger partial charge in [0, 0.05) is 11.1 Å². The lowest BCUT2D eigenvalue weighted by Crippen LogP contribution is -2.43. The van der Waals surface area contributed by atoms with Crippen molar-refractivity contribution in [2.45, 2.75) is 5.92 Å². The number of hydrogen-bond donors (Lipinski definition) is 2. The van der Waals surface area contributed by atoms with Gasteiger partial charge in [-0.3, -0.25) is 20.4 Å². The smallest absolute Gasteiger partial charge is 0.262 e. The van der Waals surface area contributed by atoms with Gasteiger partial charge in [-0.15, -0.1) is 0 Å². The van der Waals surface area contributed by atoms with Crippen LogP contribution in [0.4, 0.5) is 0 Å². The van der Waals surface area contributed by atoms with Crippen LogP contribution in [-0.2, 0) is 9.59 Å². The molecule has 0 aromatic heterocycles. The normalized spacial score (nSPS) is 10.8. The zero-order valence-corrected chi connectivity index (χ0v) is 15.8. The molecule has 0 fully saturated rings. The summed E-state index contributed by atoms with van der Waals surface area (Å²) >= 11 is 6.06. The number of benzene rings is 3. The molecule has 0 atom stereocenters. The Bertz CT molecular complexity index is 933. The molecular weight excluding hydrogens is 372 g/mol. The highest BCUT2D eigenvalue weighted by Crippen LogP contribution is 2.24. The molecule has 140 valence electrons. The maximum atomic E-state index is 12.8. The average Bonchev–Trinajstić information content (AvgIpc) is 2.73. The fourth-order valence-electron chi connectivity index (χ4n) is 2.80. The van der Waals surface area contributed by atoms with Crippen LogP contribution in [0.25, 0.3) is 6.08 Å². The molecule has 28 heavy (non-hydrogen) atoms. The number of carbonyl (C=O) groups excluding carboxylic acids is 2. The monoisotopic (exact) mass is 390 g/mol. The average molecular weight is 391 g/mol. The summed E-state index contributed by atoms with van der Waals surface area (Å²) in [5.41, 5.74) is 7.33. The second-order valence-corrected chi connectivity index (χ2v) is 6.49. The number of nitrogens with one attached hydrogen (secondary N) is 2. The van der Waals surface area contributed by atoms with E-state index in [1.54, 1.807) is 18.2 Å². The van der Waals surface area contributed by atoms with E-state index in [1.807, 2.05) is 72.8 Å². The lowest BCUT2D eigenvalue weighted by Gasteiger charge is -2.17. The molecule has 0 aliphatic carbocycles. The number of hydrogen-bond acceptors (Lipinski definition) is 2. The minimum Gasteiger partial charge on any atom is -0.272 e. The fraction of sp³-hybridized carbons (Fsp3) is 0.0435. The molecular formula is C23H19ClN2O2. The summed E-state index contributed by atoms with van der Waals surface area (Å²) in [6, 6.07) is 26.0. The summed E-state index contributed by atoms with van der Waals surface area (Å²) in [5.74, 6) is -1.31. The van der Waals surface area contributed by atoms with Crippen molar-refractivity contribution in [2.75, 3.05) is 0 Å². The van der Waals surface area contributed by atoms with Gasteiger partial charge in [0.15, 0.2) is 0 Å². The number of hydrazine groups is 1. The van der Waals surface area contributed by atoms with E-state index < -0.39 is 11.8 Å². The van der Waals surface area contributed by atoms with E-state index in [9.17, 15) is 9.59 Å². The van der Waals surface area contributed by atoms with E-state index in [2.05, 4.69) is 10.9 Å². The van der Waals surface area contributed by atoms with Crippen LogP contribution in [-0.4, -0.2) is 11.8 Å². The van der Waals surface area contributed by atoms with Crippen LogP contribution in [0.2, 0.25) is 5.02 Å². The molecule has 0 saturated heterocycles. The Balaban J connectivity index is 1.69. The molecule has 3 rings (SSSR count). The second kappa shape index (κ2) is 9.53. The largest absolute Gasteiger partial charge is 0.272 e. The lowest BCUT2D eigenvalue weighted by molar-refractivity contribution is -0.127. The Morgan fingerprint density at radius 1 is 0.750 bits per heavy atom. The number of halogens is 1. The Hall–Kier alpha value is -3.37. The fourth-order valence-corrected chi connectivity index (χ4v) is 3.00. The van der Waals surface area contributed by atoms with Crippen LogP contribution < -0.4 is 10.9 Å². The Morgan fingerprint density at radius 3 is 1.86 bits per heavy atom. The van der Waals surface area contributed by atoms with Crippen LogP contribution in [0.3, 0.4) is 0 Å². The maximum absolute atomic E-state index is 12.8. The van der Waals surface area contributed by atoms with Crippen LogP contribution in [0.15, 0.2) is 91.0 Å². The quantitative estimate of drug-likeness (QED) is 0.503. The van der Waals surface area contributed by atoms with Crippen LogP contribution in [0, 0.1) is 0 Å². The van der Waals surface area contributed by atoms with E-state index in [0.29, 0.717) is 5.02 Å². The first kappa shape index (κ1) is 19.4. The molecule has 5 heteroatoms. The third kappa shape index (κ3) is 5.09. The molecule has 4 nitrogen and oxygen atoms in total. The van der Waals surface area contributed by atoms with Crippen molar-refractivity contribution in [2.24, 2.45) is 0 Å². The van der Waals surface area contributed by atoms with E-state index in [-0.39, 0.29) is 5.91 Å². The first-order chi connectivity index (χ1) is 13.6. The molecule has 0 saturated carbocycles. The summed E-state index contributed by atoms with van der Waals surface area (Å²) in [4.78, 5) is 24.9. The summed E-state index contributed by atoms with van der Waals surface area (Å²) < 4.78 is 0. The van der Waals surface area contributed by atoms with Crippen LogP contribution >= 0.6 is 11.6 Å². The molecule has 2 N–H and O–H groups in total. The van der Waals surface area contributed by atoms with E-state index >= 15 is 0 Å². The summed E-state index contributed by atoms with van der Waals surface area (Å²) in [6.07, 6.45) is 2.91. The van der Waals surface area contributed by atoms with Crippen LogP contribution in [0.5, 0.6) is 0 Å². The van der Waals surface area contributed by atoms with Gasteiger partial charge in [-0.05, 0) is 28.8 Å². The van der Waals surface area contributed by atoms with Crippen molar-refractivity contribution >= 4 is 29.5 Å². The molecule has 0 aliphatic heterocycles. The molecule has 0 spiro atoms. The van der Waals surface area contributed by atoms with Gasteiger partial charge in [0.05, 0.1) is 5.92 Å². The molecule has 0 radical (unpaired) electrons. The lowest BCUT2D eigenvalue weighted by atomic mass is 9.91. The topological polar surface area (TPSA) is 58.2 Å². The number of rotatable bonds is 5. The van der Waals surface area contributed by atoms with Crippen molar-refractivity contribution in [3.05, 3.63) is 113 Å². The van der Waals surface area contributed by atoms with Crippen molar-refractivity contribution in [1.29, 1.82) is 0 Å². The summed E-state index contributed by atoms with van der Waals surface area (Å²) in [5, 5.41) is 0.545. The zero-order chi connectivity index (χ0) is 19.8. The molecule has 0 aliphatic rings. The predicted molar refractivity (Wildman–Crippen MR) is 111 cm³/mol. The predicted octanol–water partition coefficient (Wildman–Crippen LogP) is 4.33. The Kier molecular flexibility index (Phi) is 6.60. The van der Waals surface area contributed by atoms with Gasteiger partial charge in [0.2, 0.25) is 5.91 Å². The van der Waals surface area contributed by atoms with Gasteiger partial charge in [-0.2, -0.15) is 0 Å². The molecule has 0 heterocycles. The molecule has 0 bridgehead atoms. The minimum atomic E-state index is -0.532. The van der Waals surface area contributed by atoms with Gasteiger partial charge >= 0.3 is 0 Å². The first-order valence-corrected chi connectivity index (χ1v) is 9.15. The van der Waals surface area contributed by atoms with Gasteiger partial charge in [-0.1, -0.05) is 90.5 Å². The minimum absolute atomic E-state index is 0.322. The molecule has 3 aromatic carbocycles. The first-order valence-electron chi connectivity index (χ1n) is 8.77. The van der Waals surface area contributed by atoms with Crippen LogP contribution in [0.1, 0.15) is 22.6 Å². The Labute approximate surface area is 168 Å². The highest BCUT2D eigenvalue weighted by Gasteiger charge is 2.22. The molecule has 2 amide bonds. The van der Waals surface area contributed by atoms with Gasteiger partial charge in [0.25, 0.3) is 5.91 Å². The maximum Gasteiger partial charge on any atom is 0.262 e. The third-order valence-electron chi connectivity index (χ3n) is 4.16. The zero-order valence-electron chi connectivity index (χ0n) is 15.0. The summed E-state index contributed by atoms with van der Waals surface area (Å²) in [7, 11) is 0. The third-order valence-corrected chi connectivity index (χ3v) is 4.50. The van der Waals surface area contributed by atoms with Gasteiger partial charge in [0.1, 0.15) is 0 Å². The Morgan fingerprint density at radius 2 is 1.29 bits per heavy atom. The highest BCUT2D eigenvalue weighted by atomic mass is 35.5. The van der Waals surface area contributed by atoms with Crippen molar-refractivity contribution in [3.8, 4) is 0 Å². The standard InChI is InChI=1S/C23H19ClN2O2/c24-20-14-8-7-9-17(20)15-16-21(27)25-26-23(28)22(18-10-3-1-4-11-18)19-12-5-2-6-13-19/h1-16,22H,(H,25,27)(H,26,28)/b16-15+. The van der Waals surface area contributed by atoms with Crippen molar-refractivity contribution in [1.82, 2.24) is 10.9 Å². The second-order valence-electron chi connectivity index (χ2n) is 6.09. The van der Waals surface area contributed by atoms with E-state index in [0.717, 1.165) is 16.7 Å². The van der Waals surface area contributed by atoms with E-state index in [4.69, 9.17) is 11.6 Å².